The lowest BCUT2D eigenvalue weighted by Gasteiger charge is -2.20. The minimum absolute atomic E-state index is 0.265. The van der Waals surface area contributed by atoms with Crippen LogP contribution in [-0.2, 0) is 10.0 Å². The zero-order valence-corrected chi connectivity index (χ0v) is 18.0. The molecule has 0 unspecified atom stereocenters. The third kappa shape index (κ3) is 3.34. The van der Waals surface area contributed by atoms with Gasteiger partial charge < -0.3 is 4.57 Å². The summed E-state index contributed by atoms with van der Waals surface area (Å²) in [5.74, 6) is 0. The van der Waals surface area contributed by atoms with Crippen molar-refractivity contribution in [2.75, 3.05) is 0 Å². The number of nitriles is 1. The van der Waals surface area contributed by atoms with Gasteiger partial charge in [-0.05, 0) is 55.7 Å². The number of aromatic nitrogens is 3. The maximum Gasteiger partial charge on any atom is 0.407 e. The number of fused-ring (bicyclic) bond motifs is 1. The normalized spacial score (nSPS) is 16.9. The maximum atomic E-state index is 13.2. The summed E-state index contributed by atoms with van der Waals surface area (Å²) in [6.07, 6.45) is 2.89. The van der Waals surface area contributed by atoms with Crippen LogP contribution in [0.2, 0.25) is 0 Å². The van der Waals surface area contributed by atoms with E-state index in [1.165, 1.54) is 12.1 Å². The van der Waals surface area contributed by atoms with Crippen LogP contribution < -0.4 is 4.72 Å². The average molecular weight is 471 g/mol. The van der Waals surface area contributed by atoms with Crippen LogP contribution in [0.5, 0.6) is 0 Å². The fourth-order valence-corrected chi connectivity index (χ4v) is 5.16. The highest BCUT2D eigenvalue weighted by molar-refractivity contribution is 7.89. The second-order valence-corrected chi connectivity index (χ2v) is 9.75. The molecule has 168 valence electrons. The third-order valence-electron chi connectivity index (χ3n) is 5.76. The molecule has 3 aromatic rings. The Morgan fingerprint density at radius 1 is 1.21 bits per heavy atom. The summed E-state index contributed by atoms with van der Waals surface area (Å²) in [4.78, 5) is 8.21. The van der Waals surface area contributed by atoms with Gasteiger partial charge in [0.05, 0.1) is 16.9 Å². The van der Waals surface area contributed by atoms with E-state index in [9.17, 15) is 26.9 Å². The zero-order chi connectivity index (χ0) is 23.6. The Labute approximate surface area is 186 Å². The summed E-state index contributed by atoms with van der Waals surface area (Å²) in [5, 5.41) is 9.85. The highest BCUT2D eigenvalue weighted by Gasteiger charge is 2.65. The highest BCUT2D eigenvalue weighted by Crippen LogP contribution is 2.49. The Morgan fingerprint density at radius 3 is 2.45 bits per heavy atom. The molecule has 0 radical (unpaired) electrons. The molecule has 1 N–H and O–H groups in total. The predicted molar refractivity (Wildman–Crippen MR) is 114 cm³/mol. The van der Waals surface area contributed by atoms with Crippen LogP contribution in [0.3, 0.4) is 0 Å². The molecule has 7 nitrogen and oxygen atoms in total. The predicted octanol–water partition coefficient (Wildman–Crippen LogP) is 4.06. The lowest BCUT2D eigenvalue weighted by molar-refractivity contribution is -0.160. The van der Waals surface area contributed by atoms with Gasteiger partial charge in [0.25, 0.3) is 0 Å². The largest absolute Gasteiger partial charge is 0.407 e. The number of pyridine rings is 2. The number of allylic oxidation sites excluding steroid dienone is 4. The first-order chi connectivity index (χ1) is 15.6. The van der Waals surface area contributed by atoms with Crippen LogP contribution in [-0.4, -0.2) is 34.7 Å². The van der Waals surface area contributed by atoms with Crippen LogP contribution in [0.1, 0.15) is 24.0 Å². The molecule has 0 aliphatic heterocycles. The van der Waals surface area contributed by atoms with E-state index in [-0.39, 0.29) is 23.3 Å². The molecule has 33 heavy (non-hydrogen) atoms. The topological polar surface area (TPSA) is 101 Å². The molecular formula is C22H16F3N5O2S. The molecule has 3 heterocycles. The van der Waals surface area contributed by atoms with Crippen molar-refractivity contribution in [2.45, 2.75) is 36.4 Å². The van der Waals surface area contributed by atoms with Crippen molar-refractivity contribution >= 4 is 26.8 Å². The number of nitrogens with one attached hydrogen (secondary N) is 1. The average Bonchev–Trinajstić information content (AvgIpc) is 3.43. The second-order valence-electron chi connectivity index (χ2n) is 8.07. The van der Waals surface area contributed by atoms with Crippen molar-refractivity contribution < 1.29 is 21.6 Å². The first-order valence-corrected chi connectivity index (χ1v) is 11.4. The Morgan fingerprint density at radius 2 is 1.94 bits per heavy atom. The van der Waals surface area contributed by atoms with Crippen molar-refractivity contribution in [1.82, 2.24) is 19.3 Å². The molecule has 2 aliphatic carbocycles. The van der Waals surface area contributed by atoms with E-state index >= 15 is 0 Å². The lowest BCUT2D eigenvalue weighted by atomic mass is 10.1. The molecule has 0 bridgehead atoms. The highest BCUT2D eigenvalue weighted by atomic mass is 32.2. The Bertz CT molecular complexity index is 1510. The van der Waals surface area contributed by atoms with E-state index in [2.05, 4.69) is 16.0 Å². The van der Waals surface area contributed by atoms with Crippen LogP contribution in [0.15, 0.2) is 53.7 Å². The fourth-order valence-electron chi connectivity index (χ4n) is 3.77. The summed E-state index contributed by atoms with van der Waals surface area (Å²) in [6, 6.07) is 6.60. The smallest absolute Gasteiger partial charge is 0.305 e. The van der Waals surface area contributed by atoms with Gasteiger partial charge in [-0.2, -0.15) is 23.2 Å². The van der Waals surface area contributed by atoms with Gasteiger partial charge in [-0.25, -0.2) is 8.42 Å². The summed E-state index contributed by atoms with van der Waals surface area (Å²) < 4.78 is 68.4. The van der Waals surface area contributed by atoms with Crippen LogP contribution in [0.25, 0.3) is 28.1 Å². The maximum absolute atomic E-state index is 13.2. The minimum atomic E-state index is -4.68. The second kappa shape index (κ2) is 7.00. The van der Waals surface area contributed by atoms with Crippen molar-refractivity contribution in [1.29, 1.82) is 5.26 Å². The summed E-state index contributed by atoms with van der Waals surface area (Å²) in [7, 11) is -4.44. The molecule has 1 saturated carbocycles. The van der Waals surface area contributed by atoms with E-state index in [0.29, 0.717) is 22.4 Å². The number of alkyl halides is 3. The van der Waals surface area contributed by atoms with Gasteiger partial charge in [-0.15, -0.1) is 0 Å². The minimum Gasteiger partial charge on any atom is -0.305 e. The third-order valence-corrected chi connectivity index (χ3v) is 7.28. The molecule has 11 heteroatoms. The van der Waals surface area contributed by atoms with E-state index in [4.69, 9.17) is 0 Å². The summed E-state index contributed by atoms with van der Waals surface area (Å²) >= 11 is 0. The Kier molecular flexibility index (Phi) is 4.53. The van der Waals surface area contributed by atoms with E-state index in [0.717, 1.165) is 17.5 Å². The molecule has 2 aliphatic rings. The van der Waals surface area contributed by atoms with E-state index in [1.807, 2.05) is 35.8 Å². The van der Waals surface area contributed by atoms with Crippen LogP contribution in [0, 0.1) is 18.3 Å². The molecule has 0 aromatic carbocycles. The first-order valence-electron chi connectivity index (χ1n) is 9.93. The Balaban J connectivity index is 1.59. The zero-order valence-electron chi connectivity index (χ0n) is 17.2. The molecule has 0 atom stereocenters. The van der Waals surface area contributed by atoms with E-state index in [1.54, 1.807) is 10.9 Å². The lowest BCUT2D eigenvalue weighted by Crippen LogP contribution is -2.47. The van der Waals surface area contributed by atoms with Gasteiger partial charge >= 0.3 is 6.18 Å². The first kappa shape index (κ1) is 21.4. The molecule has 1 fully saturated rings. The van der Waals surface area contributed by atoms with Crippen molar-refractivity contribution in [3.8, 4) is 17.5 Å². The monoisotopic (exact) mass is 471 g/mol. The SMILES string of the molecule is Cc1cnc2c(C#N)c(-c3ccc(S(=O)(=O)NC4(C(F)(F)F)CC4)cn3)n(C3=CC=C3)c2c1. The van der Waals surface area contributed by atoms with Gasteiger partial charge in [0.2, 0.25) is 10.0 Å². The summed E-state index contributed by atoms with van der Waals surface area (Å²) in [5.41, 5.74) is 1.41. The summed E-state index contributed by atoms with van der Waals surface area (Å²) in [6.45, 7) is 1.87. The number of aryl methyl sites for hydroxylation is 1. The van der Waals surface area contributed by atoms with Crippen molar-refractivity contribution in [3.63, 3.8) is 0 Å². The van der Waals surface area contributed by atoms with E-state index < -0.39 is 21.7 Å². The number of hydrogen-bond acceptors (Lipinski definition) is 5. The van der Waals surface area contributed by atoms with Crippen LogP contribution in [0.4, 0.5) is 13.2 Å². The molecule has 5 rings (SSSR count). The van der Waals surface area contributed by atoms with Gasteiger partial charge in [0.15, 0.2) is 0 Å². The van der Waals surface area contributed by atoms with Gasteiger partial charge in [-0.1, -0.05) is 6.08 Å². The molecule has 0 amide bonds. The number of halogens is 3. The standard InChI is InChI=1S/C22H16F3N5O2S/c1-13-9-18-19(28-11-13)16(10-26)20(30(18)14-3-2-4-14)17-6-5-15(12-27-17)33(31,32)29-21(7-8-21)22(23,24)25/h2-6,9,11-12,29H,7-8H2,1H3. The molecule has 0 spiro atoms. The number of hydrogen-bond donors (Lipinski definition) is 1. The van der Waals surface area contributed by atoms with Crippen molar-refractivity contribution in [3.05, 3.63) is 59.9 Å². The van der Waals surface area contributed by atoms with Crippen LogP contribution >= 0.6 is 0 Å². The number of sulfonamides is 1. The number of rotatable bonds is 5. The molecular weight excluding hydrogens is 455 g/mol. The van der Waals surface area contributed by atoms with Gasteiger partial charge in [-0.3, -0.25) is 9.97 Å². The Hall–Kier alpha value is -3.49. The fraction of sp³-hybridized carbons (Fsp3) is 0.227. The number of nitrogens with zero attached hydrogens (tertiary/aromatic N) is 4. The van der Waals surface area contributed by atoms with Gasteiger partial charge in [0.1, 0.15) is 27.6 Å². The quantitative estimate of drug-likeness (QED) is 0.605. The van der Waals surface area contributed by atoms with Crippen molar-refractivity contribution in [2.24, 2.45) is 0 Å². The molecule has 3 aromatic heterocycles. The van der Waals surface area contributed by atoms with Gasteiger partial charge in [0, 0.05) is 18.1 Å². The molecule has 0 saturated heterocycles.